The summed E-state index contributed by atoms with van der Waals surface area (Å²) in [4.78, 5) is 22.1. The van der Waals surface area contributed by atoms with Gasteiger partial charge in [-0.2, -0.15) is 0 Å². The van der Waals surface area contributed by atoms with Crippen LogP contribution in [0, 0.1) is 0 Å². The molecule has 31 heavy (non-hydrogen) atoms. The van der Waals surface area contributed by atoms with Crippen molar-refractivity contribution in [3.63, 3.8) is 0 Å². The quantitative estimate of drug-likeness (QED) is 0.150. The second kappa shape index (κ2) is 28.9. The van der Waals surface area contributed by atoms with Gasteiger partial charge in [0, 0.05) is 19.4 Å². The van der Waals surface area contributed by atoms with Gasteiger partial charge in [0.1, 0.15) is 0 Å². The lowest BCUT2D eigenvalue weighted by Gasteiger charge is -2.03. The normalized spacial score (nSPS) is 10.3. The molecule has 0 heterocycles. The Bertz CT molecular complexity index is 337. The molecule has 0 aliphatic carbocycles. The van der Waals surface area contributed by atoms with Crippen LogP contribution in [-0.4, -0.2) is 36.9 Å². The average molecular weight is 445 g/mol. The Hall–Kier alpha value is -1.10. The van der Waals surface area contributed by atoms with Gasteiger partial charge in [0.15, 0.2) is 0 Å². The topological polar surface area (TPSA) is 72.8 Å². The van der Waals surface area contributed by atoms with Gasteiger partial charge in [-0.25, -0.2) is 0 Å². The second-order valence-corrected chi connectivity index (χ2v) is 8.14. The SMILES string of the molecule is CCCCCCCCCCCCO.CCOC(=O)CCCCCCCCC(=O)OCC. The first-order chi connectivity index (χ1) is 15.1. The number of unbranched alkanes of at least 4 members (excludes halogenated alkanes) is 14. The first kappa shape index (κ1) is 32.1. The highest BCUT2D eigenvalue weighted by atomic mass is 16.5. The van der Waals surface area contributed by atoms with Crippen molar-refractivity contribution in [1.82, 2.24) is 0 Å². The van der Waals surface area contributed by atoms with E-state index in [2.05, 4.69) is 6.92 Å². The van der Waals surface area contributed by atoms with E-state index < -0.39 is 0 Å². The summed E-state index contributed by atoms with van der Waals surface area (Å²) in [5.41, 5.74) is 0. The van der Waals surface area contributed by atoms with Crippen LogP contribution in [0.4, 0.5) is 0 Å². The predicted molar refractivity (Wildman–Crippen MR) is 129 cm³/mol. The fourth-order valence-electron chi connectivity index (χ4n) is 3.31. The van der Waals surface area contributed by atoms with Crippen molar-refractivity contribution in [2.24, 2.45) is 0 Å². The molecule has 186 valence electrons. The van der Waals surface area contributed by atoms with Crippen molar-refractivity contribution in [1.29, 1.82) is 0 Å². The maximum absolute atomic E-state index is 11.0. The number of aliphatic hydroxyl groups excluding tert-OH is 1. The van der Waals surface area contributed by atoms with E-state index in [1.165, 1.54) is 57.8 Å². The molecule has 0 aromatic rings. The fourth-order valence-corrected chi connectivity index (χ4v) is 3.31. The van der Waals surface area contributed by atoms with Gasteiger partial charge in [-0.15, -0.1) is 0 Å². The van der Waals surface area contributed by atoms with Gasteiger partial charge in [0.25, 0.3) is 0 Å². The summed E-state index contributed by atoms with van der Waals surface area (Å²) in [6.45, 7) is 7.20. The Morgan fingerprint density at radius 3 is 1.16 bits per heavy atom. The molecule has 0 aromatic heterocycles. The third-order valence-corrected chi connectivity index (χ3v) is 5.13. The van der Waals surface area contributed by atoms with Gasteiger partial charge in [-0.05, 0) is 33.1 Å². The first-order valence-corrected chi connectivity index (χ1v) is 13.0. The molecule has 0 fully saturated rings. The number of aliphatic hydroxyl groups is 1. The highest BCUT2D eigenvalue weighted by molar-refractivity contribution is 5.69. The minimum Gasteiger partial charge on any atom is -0.466 e. The molecule has 0 aliphatic rings. The standard InChI is InChI=1S/C14H26O4.C12H26O/c1-3-17-13(15)11-9-7-5-6-8-10-12-14(16)18-4-2;1-2-3-4-5-6-7-8-9-10-11-12-13/h3-12H2,1-2H3;13H,2-12H2,1H3. The second-order valence-electron chi connectivity index (χ2n) is 8.14. The molecule has 0 amide bonds. The number of esters is 2. The van der Waals surface area contributed by atoms with E-state index in [0.29, 0.717) is 32.7 Å². The van der Waals surface area contributed by atoms with Crippen molar-refractivity contribution < 1.29 is 24.2 Å². The van der Waals surface area contributed by atoms with Crippen LogP contribution < -0.4 is 0 Å². The molecule has 0 radical (unpaired) electrons. The molecule has 1 N–H and O–H groups in total. The third-order valence-electron chi connectivity index (χ3n) is 5.13. The van der Waals surface area contributed by atoms with Crippen molar-refractivity contribution in [3.8, 4) is 0 Å². The van der Waals surface area contributed by atoms with Crippen LogP contribution in [0.1, 0.15) is 136 Å². The molecule has 0 rings (SSSR count). The van der Waals surface area contributed by atoms with E-state index in [4.69, 9.17) is 14.6 Å². The molecular weight excluding hydrogens is 392 g/mol. The largest absolute Gasteiger partial charge is 0.466 e. The van der Waals surface area contributed by atoms with Crippen LogP contribution in [0.2, 0.25) is 0 Å². The van der Waals surface area contributed by atoms with Crippen LogP contribution in [0.15, 0.2) is 0 Å². The Morgan fingerprint density at radius 2 is 0.839 bits per heavy atom. The number of ether oxygens (including phenoxy) is 2. The number of hydrogen-bond donors (Lipinski definition) is 1. The summed E-state index contributed by atoms with van der Waals surface area (Å²) in [6, 6.07) is 0. The summed E-state index contributed by atoms with van der Waals surface area (Å²) < 4.78 is 9.69. The number of carbonyl (C=O) groups excluding carboxylic acids is 2. The lowest BCUT2D eigenvalue weighted by Crippen LogP contribution is -2.03. The van der Waals surface area contributed by atoms with Crippen LogP contribution >= 0.6 is 0 Å². The zero-order valence-corrected chi connectivity index (χ0v) is 20.9. The van der Waals surface area contributed by atoms with E-state index >= 15 is 0 Å². The maximum Gasteiger partial charge on any atom is 0.305 e. The predicted octanol–water partition coefficient (Wildman–Crippen LogP) is 7.13. The number of carbonyl (C=O) groups is 2. The molecule has 0 aromatic carbocycles. The van der Waals surface area contributed by atoms with E-state index in [0.717, 1.165) is 44.9 Å². The summed E-state index contributed by atoms with van der Waals surface area (Å²) >= 11 is 0. The average Bonchev–Trinajstić information content (AvgIpc) is 2.75. The zero-order chi connectivity index (χ0) is 23.4. The fraction of sp³-hybridized carbons (Fsp3) is 0.923. The molecule has 5 nitrogen and oxygen atoms in total. The lowest BCUT2D eigenvalue weighted by molar-refractivity contribution is -0.144. The molecule has 0 aliphatic heterocycles. The van der Waals surface area contributed by atoms with Gasteiger partial charge in [0.2, 0.25) is 0 Å². The molecular formula is C26H52O5. The minimum atomic E-state index is -0.0974. The summed E-state index contributed by atoms with van der Waals surface area (Å²) in [6.07, 6.45) is 20.5. The van der Waals surface area contributed by atoms with Gasteiger partial charge in [-0.1, -0.05) is 90.4 Å². The molecule has 0 saturated carbocycles. The van der Waals surface area contributed by atoms with Gasteiger partial charge >= 0.3 is 11.9 Å². The molecule has 0 atom stereocenters. The van der Waals surface area contributed by atoms with Crippen molar-refractivity contribution in [3.05, 3.63) is 0 Å². The van der Waals surface area contributed by atoms with Gasteiger partial charge < -0.3 is 14.6 Å². The van der Waals surface area contributed by atoms with Crippen LogP contribution in [-0.2, 0) is 19.1 Å². The van der Waals surface area contributed by atoms with E-state index in [9.17, 15) is 9.59 Å². The summed E-state index contributed by atoms with van der Waals surface area (Å²) in [5, 5.41) is 8.57. The molecule has 0 saturated heterocycles. The monoisotopic (exact) mass is 444 g/mol. The Balaban J connectivity index is 0. The van der Waals surface area contributed by atoms with Crippen molar-refractivity contribution >= 4 is 11.9 Å². The van der Waals surface area contributed by atoms with Crippen molar-refractivity contribution in [2.45, 2.75) is 136 Å². The Labute approximate surface area is 192 Å². The van der Waals surface area contributed by atoms with Crippen LogP contribution in [0.25, 0.3) is 0 Å². The van der Waals surface area contributed by atoms with Crippen LogP contribution in [0.3, 0.4) is 0 Å². The highest BCUT2D eigenvalue weighted by Crippen LogP contribution is 2.10. The highest BCUT2D eigenvalue weighted by Gasteiger charge is 2.02. The van der Waals surface area contributed by atoms with E-state index in [1.807, 2.05) is 13.8 Å². The molecule has 0 unspecified atom stereocenters. The minimum absolute atomic E-state index is 0.0974. The van der Waals surface area contributed by atoms with E-state index in [1.54, 1.807) is 0 Å². The molecule has 0 bridgehead atoms. The zero-order valence-electron chi connectivity index (χ0n) is 20.9. The smallest absolute Gasteiger partial charge is 0.305 e. The first-order valence-electron chi connectivity index (χ1n) is 13.0. The Morgan fingerprint density at radius 1 is 0.516 bits per heavy atom. The third kappa shape index (κ3) is 31.2. The summed E-state index contributed by atoms with van der Waals surface area (Å²) in [7, 11) is 0. The molecule has 0 spiro atoms. The Kier molecular flexibility index (Phi) is 29.9. The maximum atomic E-state index is 11.0. The number of rotatable bonds is 21. The molecule has 5 heteroatoms. The van der Waals surface area contributed by atoms with Gasteiger partial charge in [0.05, 0.1) is 13.2 Å². The number of hydrogen-bond acceptors (Lipinski definition) is 5. The summed E-state index contributed by atoms with van der Waals surface area (Å²) in [5.74, 6) is -0.195. The van der Waals surface area contributed by atoms with E-state index in [-0.39, 0.29) is 11.9 Å². The van der Waals surface area contributed by atoms with Crippen LogP contribution in [0.5, 0.6) is 0 Å². The van der Waals surface area contributed by atoms with Gasteiger partial charge in [-0.3, -0.25) is 9.59 Å². The lowest BCUT2D eigenvalue weighted by atomic mass is 10.1. The van der Waals surface area contributed by atoms with Crippen molar-refractivity contribution in [2.75, 3.05) is 19.8 Å².